The predicted octanol–water partition coefficient (Wildman–Crippen LogP) is 6.99. The van der Waals surface area contributed by atoms with E-state index in [1.807, 2.05) is 12.1 Å². The maximum atomic E-state index is 4.39. The van der Waals surface area contributed by atoms with Crippen molar-refractivity contribution in [1.29, 1.82) is 0 Å². The first-order valence-corrected chi connectivity index (χ1v) is 10.2. The third kappa shape index (κ3) is 4.08. The molecule has 0 spiro atoms. The number of rotatable bonds is 5. The summed E-state index contributed by atoms with van der Waals surface area (Å²) in [6, 6.07) is 27.6. The molecule has 1 heterocycles. The van der Waals surface area contributed by atoms with E-state index in [1.54, 1.807) is 0 Å². The number of allylic oxidation sites excluding steroid dienone is 1. The maximum Gasteiger partial charge on any atom is 0.0854 e. The van der Waals surface area contributed by atoms with E-state index in [9.17, 15) is 0 Å². The number of hydrogen-bond acceptors (Lipinski definition) is 1. The van der Waals surface area contributed by atoms with Crippen molar-refractivity contribution in [2.24, 2.45) is 0 Å². The molecule has 1 aliphatic rings. The fraction of sp³-hybridized carbons (Fsp3) is 0.0357. The normalized spacial score (nSPS) is 12.8. The van der Waals surface area contributed by atoms with Gasteiger partial charge in [-0.15, -0.1) is 0 Å². The molecule has 0 fully saturated rings. The van der Waals surface area contributed by atoms with Gasteiger partial charge < -0.3 is 0 Å². The van der Waals surface area contributed by atoms with Gasteiger partial charge in [0.1, 0.15) is 0 Å². The van der Waals surface area contributed by atoms with E-state index in [1.165, 1.54) is 27.8 Å². The van der Waals surface area contributed by atoms with Crippen LogP contribution in [0, 0.1) is 0 Å². The lowest BCUT2D eigenvalue weighted by Crippen LogP contribution is -1.82. The highest BCUT2D eigenvalue weighted by molar-refractivity contribution is 5.74. The Bertz CT molecular complexity index is 1240. The highest BCUT2D eigenvalue weighted by Gasteiger charge is 2.04. The number of aromatic amines is 1. The molecule has 0 saturated carbocycles. The standard InChI is InChI=1S/C28H22N2/c1-2-5-23(6-3-1)25-14-9-21(10-15-25)12-17-27-20-28(30-29-27)18-13-22-11-16-24-7-4-8-26(24)19-22/h1-7,9-20H,8H2,(H,29,30)/b17-12+,18-13+. The number of fused-ring (bicyclic) bond motifs is 1. The highest BCUT2D eigenvalue weighted by Crippen LogP contribution is 2.22. The lowest BCUT2D eigenvalue weighted by Gasteiger charge is -2.01. The van der Waals surface area contributed by atoms with Crippen LogP contribution in [0.3, 0.4) is 0 Å². The smallest absolute Gasteiger partial charge is 0.0854 e. The first-order valence-electron chi connectivity index (χ1n) is 10.2. The molecule has 144 valence electrons. The Kier molecular flexibility index (Phi) is 4.97. The number of nitrogens with one attached hydrogen (secondary N) is 1. The van der Waals surface area contributed by atoms with Gasteiger partial charge in [-0.25, -0.2) is 0 Å². The zero-order valence-electron chi connectivity index (χ0n) is 16.6. The third-order valence-corrected chi connectivity index (χ3v) is 5.34. The van der Waals surface area contributed by atoms with E-state index in [0.717, 1.165) is 23.4 Å². The van der Waals surface area contributed by atoms with Gasteiger partial charge in [0.05, 0.1) is 11.4 Å². The van der Waals surface area contributed by atoms with Crippen LogP contribution < -0.4 is 0 Å². The summed E-state index contributed by atoms with van der Waals surface area (Å²) in [5.41, 5.74) is 9.45. The van der Waals surface area contributed by atoms with Gasteiger partial charge in [0.15, 0.2) is 0 Å². The average Bonchev–Trinajstić information content (AvgIpc) is 3.46. The number of hydrogen-bond donors (Lipinski definition) is 1. The summed E-state index contributed by atoms with van der Waals surface area (Å²) in [7, 11) is 0. The molecule has 1 aromatic heterocycles. The minimum absolute atomic E-state index is 0.924. The lowest BCUT2D eigenvalue weighted by molar-refractivity contribution is 1.07. The topological polar surface area (TPSA) is 28.7 Å². The minimum Gasteiger partial charge on any atom is -0.278 e. The summed E-state index contributed by atoms with van der Waals surface area (Å²) >= 11 is 0. The van der Waals surface area contributed by atoms with Gasteiger partial charge in [0.2, 0.25) is 0 Å². The summed E-state index contributed by atoms with van der Waals surface area (Å²) in [6.45, 7) is 0. The first-order chi connectivity index (χ1) is 14.8. The summed E-state index contributed by atoms with van der Waals surface area (Å²) < 4.78 is 0. The van der Waals surface area contributed by atoms with Crippen LogP contribution in [0.25, 0.3) is 41.5 Å². The van der Waals surface area contributed by atoms with Crippen molar-refractivity contribution >= 4 is 30.4 Å². The Morgan fingerprint density at radius 2 is 1.47 bits per heavy atom. The van der Waals surface area contributed by atoms with Crippen molar-refractivity contribution in [3.8, 4) is 11.1 Å². The monoisotopic (exact) mass is 386 g/mol. The Morgan fingerprint density at radius 3 is 2.33 bits per heavy atom. The molecule has 0 aliphatic heterocycles. The van der Waals surface area contributed by atoms with Crippen molar-refractivity contribution in [2.75, 3.05) is 0 Å². The minimum atomic E-state index is 0.924. The van der Waals surface area contributed by atoms with Crippen LogP contribution >= 0.6 is 0 Å². The molecule has 5 rings (SSSR count). The van der Waals surface area contributed by atoms with E-state index in [4.69, 9.17) is 0 Å². The molecule has 1 N–H and O–H groups in total. The van der Waals surface area contributed by atoms with Gasteiger partial charge in [0, 0.05) is 0 Å². The van der Waals surface area contributed by atoms with Crippen molar-refractivity contribution in [3.05, 3.63) is 119 Å². The number of H-pyrrole nitrogens is 1. The van der Waals surface area contributed by atoms with Crippen molar-refractivity contribution in [1.82, 2.24) is 10.2 Å². The zero-order chi connectivity index (χ0) is 20.2. The average molecular weight is 386 g/mol. The summed E-state index contributed by atoms with van der Waals surface area (Å²) in [5.74, 6) is 0. The van der Waals surface area contributed by atoms with E-state index in [0.29, 0.717) is 0 Å². The number of nitrogens with zero attached hydrogens (tertiary/aromatic N) is 1. The van der Waals surface area contributed by atoms with Crippen molar-refractivity contribution < 1.29 is 0 Å². The molecule has 0 atom stereocenters. The second-order valence-electron chi connectivity index (χ2n) is 7.47. The van der Waals surface area contributed by atoms with Crippen LogP contribution in [0.4, 0.5) is 0 Å². The van der Waals surface area contributed by atoms with Crippen LogP contribution in [0.1, 0.15) is 33.6 Å². The molecule has 0 radical (unpaired) electrons. The van der Waals surface area contributed by atoms with Crippen molar-refractivity contribution in [3.63, 3.8) is 0 Å². The Balaban J connectivity index is 1.25. The van der Waals surface area contributed by atoms with E-state index < -0.39 is 0 Å². The van der Waals surface area contributed by atoms with E-state index in [2.05, 4.69) is 113 Å². The van der Waals surface area contributed by atoms with Gasteiger partial charge in [-0.2, -0.15) is 5.10 Å². The van der Waals surface area contributed by atoms with Crippen LogP contribution in [-0.2, 0) is 6.42 Å². The molecule has 0 bridgehead atoms. The first kappa shape index (κ1) is 18.1. The van der Waals surface area contributed by atoms with Gasteiger partial charge in [-0.05, 0) is 58.0 Å². The maximum absolute atomic E-state index is 4.39. The quantitative estimate of drug-likeness (QED) is 0.393. The highest BCUT2D eigenvalue weighted by atomic mass is 15.1. The second kappa shape index (κ2) is 8.22. The molecule has 3 aromatic carbocycles. The molecule has 2 heteroatoms. The zero-order valence-corrected chi connectivity index (χ0v) is 16.6. The third-order valence-electron chi connectivity index (χ3n) is 5.34. The molecule has 0 amide bonds. The summed E-state index contributed by atoms with van der Waals surface area (Å²) in [6.07, 6.45) is 13.7. The second-order valence-corrected chi connectivity index (χ2v) is 7.47. The van der Waals surface area contributed by atoms with Crippen LogP contribution in [0.15, 0.2) is 84.9 Å². The molecule has 1 aliphatic carbocycles. The van der Waals surface area contributed by atoms with Gasteiger partial charge in [0.25, 0.3) is 0 Å². The van der Waals surface area contributed by atoms with Crippen LogP contribution in [-0.4, -0.2) is 10.2 Å². The van der Waals surface area contributed by atoms with Gasteiger partial charge in [-0.3, -0.25) is 5.10 Å². The van der Waals surface area contributed by atoms with Gasteiger partial charge >= 0.3 is 0 Å². The fourth-order valence-corrected chi connectivity index (χ4v) is 3.69. The lowest BCUT2D eigenvalue weighted by atomic mass is 10.0. The molecular formula is C28H22N2. The number of aromatic nitrogens is 2. The summed E-state index contributed by atoms with van der Waals surface area (Å²) in [5, 5.41) is 7.49. The molecule has 4 aromatic rings. The Labute approximate surface area is 176 Å². The van der Waals surface area contributed by atoms with E-state index >= 15 is 0 Å². The van der Waals surface area contributed by atoms with Crippen LogP contribution in [0.2, 0.25) is 0 Å². The van der Waals surface area contributed by atoms with Crippen molar-refractivity contribution in [2.45, 2.75) is 6.42 Å². The van der Waals surface area contributed by atoms with E-state index in [-0.39, 0.29) is 0 Å². The Morgan fingerprint density at radius 1 is 0.700 bits per heavy atom. The molecule has 0 saturated heterocycles. The molecule has 2 nitrogen and oxygen atoms in total. The Hall–Kier alpha value is -3.91. The molecule has 30 heavy (non-hydrogen) atoms. The largest absolute Gasteiger partial charge is 0.278 e. The molecule has 0 unspecified atom stereocenters. The number of benzene rings is 3. The SMILES string of the molecule is C1=Cc2ccc(/C=C/c3cc(/C=C/c4ccc(-c5ccccc5)cc4)[nH]n3)cc2C1. The fourth-order valence-electron chi connectivity index (χ4n) is 3.69. The molecular weight excluding hydrogens is 364 g/mol. The summed E-state index contributed by atoms with van der Waals surface area (Å²) in [4.78, 5) is 0. The predicted molar refractivity (Wildman–Crippen MR) is 128 cm³/mol. The van der Waals surface area contributed by atoms with Crippen LogP contribution in [0.5, 0.6) is 0 Å². The van der Waals surface area contributed by atoms with Gasteiger partial charge in [-0.1, -0.05) is 97.1 Å².